The molecule has 17 heavy (non-hydrogen) atoms. The summed E-state index contributed by atoms with van der Waals surface area (Å²) in [5.41, 5.74) is 1.72. The van der Waals surface area contributed by atoms with Crippen LogP contribution in [0.15, 0.2) is 24.3 Å². The first-order valence-electron chi connectivity index (χ1n) is 5.59. The first-order chi connectivity index (χ1) is 8.03. The van der Waals surface area contributed by atoms with Gasteiger partial charge in [0, 0.05) is 18.3 Å². The van der Waals surface area contributed by atoms with E-state index in [1.165, 1.54) is 0 Å². The molecule has 0 bridgehead atoms. The van der Waals surface area contributed by atoms with E-state index < -0.39 is 10.0 Å². The largest absolute Gasteiger partial charge is 0.381 e. The van der Waals surface area contributed by atoms with Gasteiger partial charge < -0.3 is 10.6 Å². The molecule has 94 valence electrons. The third kappa shape index (κ3) is 3.99. The Morgan fingerprint density at radius 1 is 1.35 bits per heavy atom. The predicted octanol–water partition coefficient (Wildman–Crippen LogP) is 0.249. The SMILES string of the molecule is NS(=O)(=O)Cc1ccc(NC2CCNC2)cc1. The Labute approximate surface area is 101 Å². The summed E-state index contributed by atoms with van der Waals surface area (Å²) in [5, 5.41) is 11.7. The molecule has 1 aliphatic rings. The monoisotopic (exact) mass is 255 g/mol. The molecule has 2 rings (SSSR count). The van der Waals surface area contributed by atoms with Crippen molar-refractivity contribution in [1.29, 1.82) is 0 Å². The summed E-state index contributed by atoms with van der Waals surface area (Å²) in [4.78, 5) is 0. The maximum Gasteiger partial charge on any atom is 0.213 e. The van der Waals surface area contributed by atoms with Crippen molar-refractivity contribution >= 4 is 15.7 Å². The molecule has 0 saturated carbocycles. The molecule has 1 atom stereocenters. The van der Waals surface area contributed by atoms with Gasteiger partial charge in [0.2, 0.25) is 10.0 Å². The zero-order valence-corrected chi connectivity index (χ0v) is 10.3. The molecule has 4 N–H and O–H groups in total. The normalized spacial score (nSPS) is 20.4. The lowest BCUT2D eigenvalue weighted by molar-refractivity contribution is 0.597. The van der Waals surface area contributed by atoms with E-state index in [0.29, 0.717) is 11.6 Å². The number of hydrogen-bond acceptors (Lipinski definition) is 4. The average Bonchev–Trinajstić information content (AvgIpc) is 2.71. The Hall–Kier alpha value is -1.11. The maximum atomic E-state index is 10.9. The van der Waals surface area contributed by atoms with Crippen molar-refractivity contribution < 1.29 is 8.42 Å². The third-order valence-corrected chi connectivity index (χ3v) is 3.49. The van der Waals surface area contributed by atoms with Crippen LogP contribution in [0.25, 0.3) is 0 Å². The highest BCUT2D eigenvalue weighted by molar-refractivity contribution is 7.88. The molecule has 1 unspecified atom stereocenters. The Balaban J connectivity index is 1.97. The molecule has 6 heteroatoms. The highest BCUT2D eigenvalue weighted by Crippen LogP contribution is 2.14. The minimum absolute atomic E-state index is 0.113. The second-order valence-corrected chi connectivity index (χ2v) is 5.95. The lowest BCUT2D eigenvalue weighted by Crippen LogP contribution is -2.22. The van der Waals surface area contributed by atoms with Crippen LogP contribution in [0, 0.1) is 0 Å². The van der Waals surface area contributed by atoms with Crippen LogP contribution in [-0.4, -0.2) is 27.5 Å². The van der Waals surface area contributed by atoms with Gasteiger partial charge in [-0.1, -0.05) is 12.1 Å². The Bertz CT molecular complexity index is 464. The number of primary sulfonamides is 1. The lowest BCUT2D eigenvalue weighted by atomic mass is 10.2. The quantitative estimate of drug-likeness (QED) is 0.720. The number of sulfonamides is 1. The zero-order chi connectivity index (χ0) is 12.3. The minimum atomic E-state index is -3.44. The number of nitrogens with two attached hydrogens (primary N) is 1. The molecular formula is C11H17N3O2S. The number of anilines is 1. The lowest BCUT2D eigenvalue weighted by Gasteiger charge is -2.13. The summed E-state index contributed by atoms with van der Waals surface area (Å²) in [6.07, 6.45) is 1.11. The number of hydrogen-bond donors (Lipinski definition) is 3. The summed E-state index contributed by atoms with van der Waals surface area (Å²) in [6.45, 7) is 2.01. The summed E-state index contributed by atoms with van der Waals surface area (Å²) in [7, 11) is -3.44. The van der Waals surface area contributed by atoms with Gasteiger partial charge in [0.25, 0.3) is 0 Å². The van der Waals surface area contributed by atoms with Gasteiger partial charge in [-0.15, -0.1) is 0 Å². The van der Waals surface area contributed by atoms with Crippen LogP contribution in [-0.2, 0) is 15.8 Å². The van der Waals surface area contributed by atoms with E-state index in [1.807, 2.05) is 12.1 Å². The van der Waals surface area contributed by atoms with Crippen molar-refractivity contribution in [2.24, 2.45) is 5.14 Å². The first-order valence-corrected chi connectivity index (χ1v) is 7.31. The molecule has 1 saturated heterocycles. The van der Waals surface area contributed by atoms with Crippen LogP contribution in [0.5, 0.6) is 0 Å². The highest BCUT2D eigenvalue weighted by atomic mass is 32.2. The Morgan fingerprint density at radius 2 is 2.06 bits per heavy atom. The van der Waals surface area contributed by atoms with Gasteiger partial charge in [0.15, 0.2) is 0 Å². The average molecular weight is 255 g/mol. The fourth-order valence-corrected chi connectivity index (χ4v) is 2.60. The van der Waals surface area contributed by atoms with E-state index in [2.05, 4.69) is 10.6 Å². The number of nitrogens with one attached hydrogen (secondary N) is 2. The molecular weight excluding hydrogens is 238 g/mol. The molecule has 0 aliphatic carbocycles. The Morgan fingerprint density at radius 3 is 2.59 bits per heavy atom. The van der Waals surface area contributed by atoms with Gasteiger partial charge in [-0.2, -0.15) is 0 Å². The molecule has 0 amide bonds. The fourth-order valence-electron chi connectivity index (χ4n) is 1.94. The van der Waals surface area contributed by atoms with Crippen LogP contribution < -0.4 is 15.8 Å². The second-order valence-electron chi connectivity index (χ2n) is 4.34. The summed E-state index contributed by atoms with van der Waals surface area (Å²) in [5.74, 6) is -0.113. The van der Waals surface area contributed by atoms with Crippen molar-refractivity contribution in [2.45, 2.75) is 18.2 Å². The molecule has 0 aromatic heterocycles. The van der Waals surface area contributed by atoms with E-state index in [-0.39, 0.29) is 5.75 Å². The van der Waals surface area contributed by atoms with Gasteiger partial charge in [-0.3, -0.25) is 0 Å². The number of rotatable bonds is 4. The molecule has 0 spiro atoms. The van der Waals surface area contributed by atoms with Crippen molar-refractivity contribution in [3.63, 3.8) is 0 Å². The van der Waals surface area contributed by atoms with Crippen molar-refractivity contribution in [3.8, 4) is 0 Å². The van der Waals surface area contributed by atoms with E-state index in [9.17, 15) is 8.42 Å². The van der Waals surface area contributed by atoms with Gasteiger partial charge in [-0.25, -0.2) is 13.6 Å². The molecule has 5 nitrogen and oxygen atoms in total. The van der Waals surface area contributed by atoms with Crippen LogP contribution in [0.2, 0.25) is 0 Å². The van der Waals surface area contributed by atoms with Gasteiger partial charge in [0.1, 0.15) is 0 Å². The zero-order valence-electron chi connectivity index (χ0n) is 9.52. The topological polar surface area (TPSA) is 84.2 Å². The standard InChI is InChI=1S/C11H17N3O2S/c12-17(15,16)8-9-1-3-10(4-2-9)14-11-5-6-13-7-11/h1-4,11,13-14H,5-8H2,(H2,12,15,16). The summed E-state index contributed by atoms with van der Waals surface area (Å²) < 4.78 is 21.8. The summed E-state index contributed by atoms with van der Waals surface area (Å²) >= 11 is 0. The molecule has 0 radical (unpaired) electrons. The van der Waals surface area contributed by atoms with Gasteiger partial charge >= 0.3 is 0 Å². The van der Waals surface area contributed by atoms with Crippen molar-refractivity contribution in [2.75, 3.05) is 18.4 Å². The van der Waals surface area contributed by atoms with E-state index in [4.69, 9.17) is 5.14 Å². The van der Waals surface area contributed by atoms with Crippen LogP contribution >= 0.6 is 0 Å². The van der Waals surface area contributed by atoms with E-state index in [1.54, 1.807) is 12.1 Å². The van der Waals surface area contributed by atoms with Crippen molar-refractivity contribution in [1.82, 2.24) is 5.32 Å². The molecule has 1 heterocycles. The predicted molar refractivity (Wildman–Crippen MR) is 68.2 cm³/mol. The van der Waals surface area contributed by atoms with Crippen LogP contribution in [0.4, 0.5) is 5.69 Å². The van der Waals surface area contributed by atoms with Gasteiger partial charge in [-0.05, 0) is 30.7 Å². The first kappa shape index (κ1) is 12.3. The van der Waals surface area contributed by atoms with Crippen LogP contribution in [0.1, 0.15) is 12.0 Å². The number of benzene rings is 1. The smallest absolute Gasteiger partial charge is 0.213 e. The highest BCUT2D eigenvalue weighted by Gasteiger charge is 2.13. The molecule has 1 aliphatic heterocycles. The summed E-state index contributed by atoms with van der Waals surface area (Å²) in [6, 6.07) is 7.81. The maximum absolute atomic E-state index is 10.9. The Kier molecular flexibility index (Phi) is 3.66. The van der Waals surface area contributed by atoms with Crippen molar-refractivity contribution in [3.05, 3.63) is 29.8 Å². The van der Waals surface area contributed by atoms with Gasteiger partial charge in [0.05, 0.1) is 5.75 Å². The third-order valence-electron chi connectivity index (χ3n) is 2.75. The van der Waals surface area contributed by atoms with E-state index >= 15 is 0 Å². The fraction of sp³-hybridized carbons (Fsp3) is 0.455. The van der Waals surface area contributed by atoms with E-state index in [0.717, 1.165) is 25.2 Å². The van der Waals surface area contributed by atoms with Crippen LogP contribution in [0.3, 0.4) is 0 Å². The molecule has 1 fully saturated rings. The second kappa shape index (κ2) is 5.03. The molecule has 1 aromatic carbocycles. The minimum Gasteiger partial charge on any atom is -0.381 e. The molecule has 1 aromatic rings.